The van der Waals surface area contributed by atoms with Crippen LogP contribution in [0.2, 0.25) is 0 Å². The molecule has 0 spiro atoms. The molecule has 1 amide bonds. The zero-order valence-electron chi connectivity index (χ0n) is 19.6. The van der Waals surface area contributed by atoms with E-state index in [1.54, 1.807) is 36.5 Å². The molecule has 1 N–H and O–H groups in total. The molecule has 1 saturated heterocycles. The number of aliphatic hydroxyl groups is 1. The highest BCUT2D eigenvalue weighted by atomic mass is 16.5. The van der Waals surface area contributed by atoms with Crippen molar-refractivity contribution < 1.29 is 19.4 Å². The number of ether oxygens (including phenoxy) is 1. The molecule has 174 valence electrons. The fourth-order valence-electron chi connectivity index (χ4n) is 4.06. The predicted molar refractivity (Wildman–Crippen MR) is 130 cm³/mol. The van der Waals surface area contributed by atoms with E-state index >= 15 is 0 Å². The van der Waals surface area contributed by atoms with Crippen LogP contribution in [0.25, 0.3) is 5.76 Å². The number of benzene rings is 2. The van der Waals surface area contributed by atoms with Crippen molar-refractivity contribution in [3.05, 3.63) is 101 Å². The van der Waals surface area contributed by atoms with E-state index in [0.717, 1.165) is 16.9 Å². The maximum Gasteiger partial charge on any atom is 0.296 e. The van der Waals surface area contributed by atoms with Gasteiger partial charge in [-0.3, -0.25) is 14.6 Å². The van der Waals surface area contributed by atoms with Gasteiger partial charge < -0.3 is 14.7 Å². The minimum absolute atomic E-state index is 0.0716. The van der Waals surface area contributed by atoms with Gasteiger partial charge in [0.1, 0.15) is 11.5 Å². The van der Waals surface area contributed by atoms with Crippen LogP contribution in [-0.4, -0.2) is 33.3 Å². The van der Waals surface area contributed by atoms with Crippen LogP contribution in [-0.2, 0) is 16.1 Å². The van der Waals surface area contributed by atoms with E-state index in [0.29, 0.717) is 23.8 Å². The van der Waals surface area contributed by atoms with E-state index in [1.807, 2.05) is 43.3 Å². The van der Waals surface area contributed by atoms with Crippen molar-refractivity contribution in [3.8, 4) is 5.75 Å². The molecule has 2 aromatic carbocycles. The van der Waals surface area contributed by atoms with Crippen molar-refractivity contribution in [2.45, 2.75) is 33.4 Å². The molecule has 1 atom stereocenters. The van der Waals surface area contributed by atoms with Gasteiger partial charge in [0.2, 0.25) is 0 Å². The van der Waals surface area contributed by atoms with Crippen LogP contribution in [0.1, 0.15) is 42.3 Å². The van der Waals surface area contributed by atoms with Gasteiger partial charge in [0, 0.05) is 11.8 Å². The molecule has 34 heavy (non-hydrogen) atoms. The molecular formula is C28H28N2O4. The Morgan fingerprint density at radius 1 is 1.06 bits per heavy atom. The minimum Gasteiger partial charge on any atom is -0.507 e. The van der Waals surface area contributed by atoms with Gasteiger partial charge in [-0.1, -0.05) is 50.2 Å². The number of ketones is 1. The molecule has 1 fully saturated rings. The summed E-state index contributed by atoms with van der Waals surface area (Å²) in [5, 5.41) is 11.3. The lowest BCUT2D eigenvalue weighted by Crippen LogP contribution is -2.29. The van der Waals surface area contributed by atoms with Gasteiger partial charge in [0.05, 0.1) is 30.5 Å². The predicted octanol–water partition coefficient (Wildman–Crippen LogP) is 5.05. The number of pyridine rings is 1. The molecule has 0 aliphatic carbocycles. The fourth-order valence-corrected chi connectivity index (χ4v) is 4.06. The molecule has 0 bridgehead atoms. The Bertz CT molecular complexity index is 1220. The van der Waals surface area contributed by atoms with E-state index in [4.69, 9.17) is 4.74 Å². The molecule has 2 heterocycles. The van der Waals surface area contributed by atoms with Gasteiger partial charge >= 0.3 is 0 Å². The largest absolute Gasteiger partial charge is 0.507 e. The van der Waals surface area contributed by atoms with E-state index in [-0.39, 0.29) is 17.9 Å². The quantitative estimate of drug-likeness (QED) is 0.306. The van der Waals surface area contributed by atoms with Gasteiger partial charge in [-0.25, -0.2) is 0 Å². The standard InChI is InChI=1S/C28H28N2O4/c1-18(2)17-34-23-13-12-21(15-19(23)3)26(31)24-25(20-9-5-4-6-10-20)30(28(33)27(24)32)16-22-11-7-8-14-29-22/h4-15,18,25,31H,16-17H2,1-3H3/b26-24-. The summed E-state index contributed by atoms with van der Waals surface area (Å²) in [6, 6.07) is 19.3. The highest BCUT2D eigenvalue weighted by Gasteiger charge is 2.46. The third-order valence-corrected chi connectivity index (χ3v) is 5.73. The van der Waals surface area contributed by atoms with Crippen molar-refractivity contribution in [3.63, 3.8) is 0 Å². The summed E-state index contributed by atoms with van der Waals surface area (Å²) < 4.78 is 5.84. The van der Waals surface area contributed by atoms with E-state index in [9.17, 15) is 14.7 Å². The zero-order chi connectivity index (χ0) is 24.2. The average Bonchev–Trinajstić information content (AvgIpc) is 3.09. The summed E-state index contributed by atoms with van der Waals surface area (Å²) in [5.74, 6) is -0.460. The number of rotatable bonds is 7. The maximum atomic E-state index is 13.2. The zero-order valence-corrected chi connectivity index (χ0v) is 19.6. The Morgan fingerprint density at radius 2 is 1.79 bits per heavy atom. The van der Waals surface area contributed by atoms with E-state index in [2.05, 4.69) is 18.8 Å². The highest BCUT2D eigenvalue weighted by Crippen LogP contribution is 2.40. The Balaban J connectivity index is 1.77. The summed E-state index contributed by atoms with van der Waals surface area (Å²) in [6.07, 6.45) is 1.65. The number of aryl methyl sites for hydroxylation is 1. The number of hydrogen-bond donors (Lipinski definition) is 1. The number of carbonyl (C=O) groups excluding carboxylic acids is 2. The molecule has 0 radical (unpaired) electrons. The number of carbonyl (C=O) groups is 2. The first-order chi connectivity index (χ1) is 16.4. The monoisotopic (exact) mass is 456 g/mol. The topological polar surface area (TPSA) is 79.7 Å². The summed E-state index contributed by atoms with van der Waals surface area (Å²) in [5.41, 5.74) is 2.78. The molecule has 6 heteroatoms. The molecule has 3 aromatic rings. The van der Waals surface area contributed by atoms with E-state index in [1.165, 1.54) is 4.90 Å². The SMILES string of the molecule is Cc1cc(/C(O)=C2/C(=O)C(=O)N(Cc3ccccn3)C2c2ccccc2)ccc1OCC(C)C. The lowest BCUT2D eigenvalue weighted by Gasteiger charge is -2.25. The van der Waals surface area contributed by atoms with Crippen molar-refractivity contribution in [2.75, 3.05) is 6.61 Å². The molecule has 4 rings (SSSR count). The van der Waals surface area contributed by atoms with Gasteiger partial charge in [0.15, 0.2) is 0 Å². The number of amides is 1. The van der Waals surface area contributed by atoms with Crippen LogP contribution < -0.4 is 4.74 Å². The Hall–Kier alpha value is -3.93. The number of aromatic nitrogens is 1. The van der Waals surface area contributed by atoms with Crippen molar-refractivity contribution in [1.29, 1.82) is 0 Å². The van der Waals surface area contributed by atoms with Crippen LogP contribution in [0.5, 0.6) is 5.75 Å². The number of hydrogen-bond acceptors (Lipinski definition) is 5. The first-order valence-electron chi connectivity index (χ1n) is 11.3. The third-order valence-electron chi connectivity index (χ3n) is 5.73. The Morgan fingerprint density at radius 3 is 2.44 bits per heavy atom. The van der Waals surface area contributed by atoms with Gasteiger partial charge in [-0.15, -0.1) is 0 Å². The normalized spacial score (nSPS) is 17.4. The Labute approximate surface area is 199 Å². The van der Waals surface area contributed by atoms with Crippen LogP contribution in [0, 0.1) is 12.8 Å². The van der Waals surface area contributed by atoms with Gasteiger partial charge in [0.25, 0.3) is 11.7 Å². The van der Waals surface area contributed by atoms with Crippen LogP contribution >= 0.6 is 0 Å². The van der Waals surface area contributed by atoms with Crippen molar-refractivity contribution in [2.24, 2.45) is 5.92 Å². The smallest absolute Gasteiger partial charge is 0.296 e. The molecule has 1 unspecified atom stereocenters. The van der Waals surface area contributed by atoms with Crippen molar-refractivity contribution >= 4 is 17.4 Å². The third kappa shape index (κ3) is 4.71. The number of aliphatic hydroxyl groups excluding tert-OH is 1. The summed E-state index contributed by atoms with van der Waals surface area (Å²) in [7, 11) is 0. The second-order valence-corrected chi connectivity index (χ2v) is 8.84. The lowest BCUT2D eigenvalue weighted by atomic mass is 9.94. The minimum atomic E-state index is -0.722. The molecule has 6 nitrogen and oxygen atoms in total. The summed E-state index contributed by atoms with van der Waals surface area (Å²) >= 11 is 0. The van der Waals surface area contributed by atoms with Crippen LogP contribution in [0.15, 0.2) is 78.5 Å². The molecule has 1 aromatic heterocycles. The summed E-state index contributed by atoms with van der Waals surface area (Å²) in [6.45, 7) is 6.77. The lowest BCUT2D eigenvalue weighted by molar-refractivity contribution is -0.140. The number of Topliss-reactive ketones (excluding diaryl/α,β-unsaturated/α-hetero) is 1. The first-order valence-corrected chi connectivity index (χ1v) is 11.3. The molecule has 0 saturated carbocycles. The molecule has 1 aliphatic heterocycles. The van der Waals surface area contributed by atoms with Crippen LogP contribution in [0.3, 0.4) is 0 Å². The second kappa shape index (κ2) is 9.91. The van der Waals surface area contributed by atoms with Gasteiger partial charge in [-0.05, 0) is 54.3 Å². The number of nitrogens with zero attached hydrogens (tertiary/aromatic N) is 2. The van der Waals surface area contributed by atoms with Crippen LogP contribution in [0.4, 0.5) is 0 Å². The fraction of sp³-hybridized carbons (Fsp3) is 0.250. The summed E-state index contributed by atoms with van der Waals surface area (Å²) in [4.78, 5) is 32.1. The average molecular weight is 457 g/mol. The maximum absolute atomic E-state index is 13.2. The van der Waals surface area contributed by atoms with Gasteiger partial charge in [-0.2, -0.15) is 0 Å². The van der Waals surface area contributed by atoms with Crippen molar-refractivity contribution in [1.82, 2.24) is 9.88 Å². The Kier molecular flexibility index (Phi) is 6.77. The first kappa shape index (κ1) is 23.2. The molecule has 1 aliphatic rings. The van der Waals surface area contributed by atoms with E-state index < -0.39 is 17.7 Å². The highest BCUT2D eigenvalue weighted by molar-refractivity contribution is 6.46. The second-order valence-electron chi connectivity index (χ2n) is 8.84. The number of likely N-dealkylation sites (tertiary alicyclic amines) is 1. The molecular weight excluding hydrogens is 428 g/mol.